The summed E-state index contributed by atoms with van der Waals surface area (Å²) in [6, 6.07) is 0. The first kappa shape index (κ1) is 7.78. The Morgan fingerprint density at radius 2 is 2.00 bits per heavy atom. The first-order valence-corrected chi connectivity index (χ1v) is 3.12. The van der Waals surface area contributed by atoms with Gasteiger partial charge in [-0.1, -0.05) is 6.58 Å². The van der Waals surface area contributed by atoms with Gasteiger partial charge in [-0.25, -0.2) is 4.79 Å². The molecule has 1 aliphatic rings. The highest BCUT2D eigenvalue weighted by atomic mass is 16.7. The Balaban J connectivity index is 2.87. The lowest BCUT2D eigenvalue weighted by molar-refractivity contribution is -0.192. The first-order valence-electron chi connectivity index (χ1n) is 3.12. The fourth-order valence-corrected chi connectivity index (χ4v) is 0.706. The molecular weight excluding hydrogens is 146 g/mol. The van der Waals surface area contributed by atoms with Gasteiger partial charge in [-0.3, -0.25) is 5.41 Å². The van der Waals surface area contributed by atoms with Crippen molar-refractivity contribution < 1.29 is 14.3 Å². The zero-order valence-electron chi connectivity index (χ0n) is 6.43. The van der Waals surface area contributed by atoms with Gasteiger partial charge in [0.25, 0.3) is 5.79 Å². The zero-order valence-corrected chi connectivity index (χ0v) is 6.43. The van der Waals surface area contributed by atoms with Crippen LogP contribution in [0.2, 0.25) is 0 Å². The lowest BCUT2D eigenvalue weighted by Gasteiger charge is -2.30. The average Bonchev–Trinajstić information content (AvgIpc) is 1.81. The molecule has 0 bridgehead atoms. The molecule has 0 aliphatic carbocycles. The van der Waals surface area contributed by atoms with Crippen molar-refractivity contribution in [1.29, 1.82) is 5.41 Å². The normalized spacial score (nSPS) is 22.5. The van der Waals surface area contributed by atoms with E-state index in [1.54, 1.807) is 13.8 Å². The van der Waals surface area contributed by atoms with Crippen molar-refractivity contribution in [1.82, 2.24) is 0 Å². The van der Waals surface area contributed by atoms with Crippen LogP contribution in [0.25, 0.3) is 0 Å². The van der Waals surface area contributed by atoms with Gasteiger partial charge < -0.3 is 9.47 Å². The standard InChI is InChI=1S/C7H9NO3/c1-4-5(8)10-7(2,3)11-6(4)9/h8H,1H2,2-3H3. The number of cyclic esters (lactones) is 1. The number of hydrogen-bond acceptors (Lipinski definition) is 4. The van der Waals surface area contributed by atoms with Gasteiger partial charge in [-0.05, 0) is 0 Å². The van der Waals surface area contributed by atoms with Crippen molar-refractivity contribution in [3.05, 3.63) is 12.2 Å². The number of ether oxygens (including phenoxy) is 2. The molecule has 60 valence electrons. The number of esters is 1. The molecule has 4 nitrogen and oxygen atoms in total. The third-order valence-electron chi connectivity index (χ3n) is 1.21. The van der Waals surface area contributed by atoms with Crippen LogP contribution in [0.1, 0.15) is 13.8 Å². The van der Waals surface area contributed by atoms with E-state index in [2.05, 4.69) is 6.58 Å². The molecule has 0 aromatic carbocycles. The molecule has 1 fully saturated rings. The van der Waals surface area contributed by atoms with Gasteiger partial charge in [0.05, 0.1) is 0 Å². The molecule has 0 amide bonds. The minimum Gasteiger partial charge on any atom is -0.435 e. The van der Waals surface area contributed by atoms with Gasteiger partial charge >= 0.3 is 5.97 Å². The number of carbonyl (C=O) groups excluding carboxylic acids is 1. The number of rotatable bonds is 0. The van der Waals surface area contributed by atoms with Gasteiger partial charge in [-0.15, -0.1) is 0 Å². The summed E-state index contributed by atoms with van der Waals surface area (Å²) in [5.74, 6) is -1.84. The molecule has 1 saturated heterocycles. The molecule has 11 heavy (non-hydrogen) atoms. The van der Waals surface area contributed by atoms with Gasteiger partial charge in [0.15, 0.2) is 0 Å². The van der Waals surface area contributed by atoms with Crippen LogP contribution >= 0.6 is 0 Å². The van der Waals surface area contributed by atoms with Crippen LogP contribution in [-0.2, 0) is 14.3 Å². The van der Waals surface area contributed by atoms with Crippen molar-refractivity contribution in [3.63, 3.8) is 0 Å². The molecule has 1 heterocycles. The highest BCUT2D eigenvalue weighted by molar-refractivity contribution is 6.15. The quantitative estimate of drug-likeness (QED) is 0.416. The second-order valence-electron chi connectivity index (χ2n) is 2.70. The summed E-state index contributed by atoms with van der Waals surface area (Å²) in [5, 5.41) is 7.16. The lowest BCUT2D eigenvalue weighted by atomic mass is 10.2. The Hall–Kier alpha value is -1.32. The van der Waals surface area contributed by atoms with Crippen LogP contribution in [-0.4, -0.2) is 17.7 Å². The molecule has 0 spiro atoms. The summed E-state index contributed by atoms with van der Waals surface area (Å²) in [6.45, 7) is 6.44. The molecule has 0 unspecified atom stereocenters. The molecule has 1 aliphatic heterocycles. The Kier molecular flexibility index (Phi) is 1.47. The van der Waals surface area contributed by atoms with Crippen LogP contribution in [0.4, 0.5) is 0 Å². The minimum absolute atomic E-state index is 0.0377. The van der Waals surface area contributed by atoms with Crippen molar-refractivity contribution in [2.75, 3.05) is 0 Å². The van der Waals surface area contributed by atoms with Crippen molar-refractivity contribution >= 4 is 11.9 Å². The Labute approximate surface area is 64.3 Å². The molecule has 0 radical (unpaired) electrons. The summed E-state index contributed by atoms with van der Waals surface area (Å²) >= 11 is 0. The van der Waals surface area contributed by atoms with Crippen molar-refractivity contribution in [3.8, 4) is 0 Å². The summed E-state index contributed by atoms with van der Waals surface area (Å²) in [7, 11) is 0. The molecule has 1 rings (SSSR count). The molecule has 0 aromatic heterocycles. The van der Waals surface area contributed by atoms with Crippen molar-refractivity contribution in [2.24, 2.45) is 0 Å². The predicted molar refractivity (Wildman–Crippen MR) is 38.1 cm³/mol. The monoisotopic (exact) mass is 155 g/mol. The van der Waals surface area contributed by atoms with Crippen molar-refractivity contribution in [2.45, 2.75) is 19.6 Å². The number of hydrogen-bond donors (Lipinski definition) is 1. The van der Waals surface area contributed by atoms with E-state index in [1.807, 2.05) is 0 Å². The van der Waals surface area contributed by atoms with Crippen LogP contribution in [0.3, 0.4) is 0 Å². The maximum absolute atomic E-state index is 10.9. The molecule has 0 saturated carbocycles. The molecular formula is C7H9NO3. The van der Waals surface area contributed by atoms with Gasteiger partial charge in [-0.2, -0.15) is 0 Å². The van der Waals surface area contributed by atoms with Gasteiger partial charge in [0, 0.05) is 13.8 Å². The smallest absolute Gasteiger partial charge is 0.346 e. The van der Waals surface area contributed by atoms with E-state index in [9.17, 15) is 4.79 Å². The Morgan fingerprint density at radius 1 is 1.45 bits per heavy atom. The van der Waals surface area contributed by atoms with Crippen LogP contribution in [0.15, 0.2) is 12.2 Å². The van der Waals surface area contributed by atoms with E-state index in [-0.39, 0.29) is 11.5 Å². The van der Waals surface area contributed by atoms with Crippen LogP contribution < -0.4 is 0 Å². The zero-order chi connectivity index (χ0) is 8.65. The predicted octanol–water partition coefficient (Wildman–Crippen LogP) is 0.829. The van der Waals surface area contributed by atoms with Crippen LogP contribution in [0, 0.1) is 5.41 Å². The maximum Gasteiger partial charge on any atom is 0.346 e. The summed E-state index contributed by atoms with van der Waals surface area (Å²) in [6.07, 6.45) is 0. The first-order chi connectivity index (χ1) is 4.92. The summed E-state index contributed by atoms with van der Waals surface area (Å²) < 4.78 is 9.65. The summed E-state index contributed by atoms with van der Waals surface area (Å²) in [4.78, 5) is 10.9. The highest BCUT2D eigenvalue weighted by Gasteiger charge is 2.35. The van der Waals surface area contributed by atoms with Gasteiger partial charge in [0.2, 0.25) is 5.90 Å². The highest BCUT2D eigenvalue weighted by Crippen LogP contribution is 2.21. The van der Waals surface area contributed by atoms with E-state index in [0.717, 1.165) is 0 Å². The third-order valence-corrected chi connectivity index (χ3v) is 1.21. The fraction of sp³-hybridized carbons (Fsp3) is 0.429. The minimum atomic E-state index is -1.03. The molecule has 0 atom stereocenters. The third kappa shape index (κ3) is 1.39. The van der Waals surface area contributed by atoms with Gasteiger partial charge in [0.1, 0.15) is 5.57 Å². The van der Waals surface area contributed by atoms with E-state index < -0.39 is 11.8 Å². The average molecular weight is 155 g/mol. The van der Waals surface area contributed by atoms with E-state index >= 15 is 0 Å². The Bertz CT molecular complexity index is 220. The maximum atomic E-state index is 10.9. The molecule has 4 heteroatoms. The number of nitrogens with one attached hydrogen (secondary N) is 1. The number of carbonyl (C=O) groups is 1. The Morgan fingerprint density at radius 3 is 2.45 bits per heavy atom. The lowest BCUT2D eigenvalue weighted by Crippen LogP contribution is -2.41. The molecule has 0 aromatic rings. The second-order valence-corrected chi connectivity index (χ2v) is 2.70. The fourth-order valence-electron chi connectivity index (χ4n) is 0.706. The largest absolute Gasteiger partial charge is 0.435 e. The summed E-state index contributed by atoms with van der Waals surface area (Å²) in [5.41, 5.74) is -0.0377. The SMILES string of the molecule is C=C1C(=N)OC(C)(C)OC1=O. The van der Waals surface area contributed by atoms with E-state index in [4.69, 9.17) is 14.9 Å². The topological polar surface area (TPSA) is 59.4 Å². The van der Waals surface area contributed by atoms with E-state index in [1.165, 1.54) is 0 Å². The van der Waals surface area contributed by atoms with E-state index in [0.29, 0.717) is 0 Å². The second kappa shape index (κ2) is 2.08. The molecule has 1 N–H and O–H groups in total. The van der Waals surface area contributed by atoms with Crippen LogP contribution in [0.5, 0.6) is 0 Å².